The van der Waals surface area contributed by atoms with E-state index in [0.717, 1.165) is 6.54 Å². The topological polar surface area (TPSA) is 70.6 Å². The summed E-state index contributed by atoms with van der Waals surface area (Å²) in [5, 5.41) is 6.45. The molecule has 1 saturated carbocycles. The summed E-state index contributed by atoms with van der Waals surface area (Å²) >= 11 is 0. The van der Waals surface area contributed by atoms with Crippen LogP contribution in [0.4, 0.5) is 0 Å². The second kappa shape index (κ2) is 8.70. The lowest BCUT2D eigenvalue weighted by Crippen LogP contribution is -2.44. The highest BCUT2D eigenvalue weighted by molar-refractivity contribution is 14.0. The van der Waals surface area contributed by atoms with Crippen LogP contribution in [0.15, 0.2) is 35.3 Å². The zero-order valence-electron chi connectivity index (χ0n) is 15.5. The van der Waals surface area contributed by atoms with Gasteiger partial charge in [-0.3, -0.25) is 4.99 Å². The molecule has 2 rings (SSSR count). The largest absolute Gasteiger partial charge is 0.356 e. The fourth-order valence-corrected chi connectivity index (χ4v) is 3.58. The minimum absolute atomic E-state index is 0. The minimum Gasteiger partial charge on any atom is -0.356 e. The molecule has 0 unspecified atom stereocenters. The third kappa shape index (κ3) is 5.84. The molecule has 1 aliphatic carbocycles. The molecule has 5 nitrogen and oxygen atoms in total. The number of nitrogens with zero attached hydrogens (tertiary/aromatic N) is 1. The van der Waals surface area contributed by atoms with Crippen LogP contribution in [0.5, 0.6) is 0 Å². The Balaban J connectivity index is 0.00000312. The van der Waals surface area contributed by atoms with Crippen LogP contribution in [0.3, 0.4) is 0 Å². The minimum atomic E-state index is -3.12. The van der Waals surface area contributed by atoms with E-state index < -0.39 is 14.6 Å². The number of sulfone groups is 1. The van der Waals surface area contributed by atoms with Crippen molar-refractivity contribution in [2.75, 3.05) is 25.9 Å². The maximum atomic E-state index is 12.1. The molecule has 1 aliphatic rings. The molecule has 0 aliphatic heterocycles. The van der Waals surface area contributed by atoms with E-state index in [0.29, 0.717) is 12.5 Å². The summed E-state index contributed by atoms with van der Waals surface area (Å²) in [4.78, 5) is 4.19. The highest BCUT2D eigenvalue weighted by atomic mass is 127. The molecule has 0 radical (unpaired) electrons. The van der Waals surface area contributed by atoms with Crippen molar-refractivity contribution < 1.29 is 8.42 Å². The van der Waals surface area contributed by atoms with Gasteiger partial charge in [-0.2, -0.15) is 0 Å². The van der Waals surface area contributed by atoms with Crippen molar-refractivity contribution in [3.63, 3.8) is 0 Å². The zero-order chi connectivity index (χ0) is 17.8. The zero-order valence-corrected chi connectivity index (χ0v) is 18.6. The first-order valence-corrected chi connectivity index (χ1v) is 10.1. The molecule has 1 aromatic rings. The lowest BCUT2D eigenvalue weighted by Gasteiger charge is -2.21. The first-order chi connectivity index (χ1) is 11.2. The summed E-state index contributed by atoms with van der Waals surface area (Å²) in [6, 6.07) is 10.5. The number of aliphatic imine (C=N–C) groups is 1. The van der Waals surface area contributed by atoms with E-state index >= 15 is 0 Å². The van der Waals surface area contributed by atoms with Gasteiger partial charge in [-0.1, -0.05) is 30.3 Å². The van der Waals surface area contributed by atoms with Crippen molar-refractivity contribution >= 4 is 39.8 Å². The quantitative estimate of drug-likeness (QED) is 0.374. The van der Waals surface area contributed by atoms with Crippen molar-refractivity contribution in [3.05, 3.63) is 35.9 Å². The summed E-state index contributed by atoms with van der Waals surface area (Å²) < 4.78 is 23.5. The second-order valence-corrected chi connectivity index (χ2v) is 10.3. The Morgan fingerprint density at radius 3 is 2.24 bits per heavy atom. The van der Waals surface area contributed by atoms with Crippen LogP contribution in [0.1, 0.15) is 39.2 Å². The van der Waals surface area contributed by atoms with E-state index in [1.54, 1.807) is 27.8 Å². The van der Waals surface area contributed by atoms with Gasteiger partial charge in [0.25, 0.3) is 0 Å². The molecule has 0 bridgehead atoms. The number of rotatable bonds is 6. The van der Waals surface area contributed by atoms with Crippen LogP contribution in [-0.2, 0) is 15.3 Å². The second-order valence-electron chi connectivity index (χ2n) is 7.43. The molecular weight excluding hydrogens is 449 g/mol. The van der Waals surface area contributed by atoms with Gasteiger partial charge >= 0.3 is 0 Å². The molecule has 0 spiro atoms. The molecule has 2 N–H and O–H groups in total. The Morgan fingerprint density at radius 2 is 1.76 bits per heavy atom. The summed E-state index contributed by atoms with van der Waals surface area (Å²) in [6.45, 7) is 6.35. The van der Waals surface area contributed by atoms with Crippen molar-refractivity contribution in [2.45, 2.75) is 43.8 Å². The molecule has 25 heavy (non-hydrogen) atoms. The van der Waals surface area contributed by atoms with Gasteiger partial charge < -0.3 is 10.6 Å². The van der Waals surface area contributed by atoms with Gasteiger partial charge in [0.15, 0.2) is 15.8 Å². The van der Waals surface area contributed by atoms with Crippen LogP contribution in [0.2, 0.25) is 0 Å². The highest BCUT2D eigenvalue weighted by Crippen LogP contribution is 2.47. The van der Waals surface area contributed by atoms with Crippen molar-refractivity contribution in [2.24, 2.45) is 4.99 Å². The van der Waals surface area contributed by atoms with Gasteiger partial charge in [0, 0.05) is 25.6 Å². The van der Waals surface area contributed by atoms with Gasteiger partial charge in [0.1, 0.15) is 0 Å². The normalized spacial score (nSPS) is 16.7. The summed E-state index contributed by atoms with van der Waals surface area (Å²) in [5.74, 6) is 0.752. The van der Waals surface area contributed by atoms with E-state index in [9.17, 15) is 8.42 Å². The first kappa shape index (κ1) is 22.2. The fourth-order valence-electron chi connectivity index (χ4n) is 2.59. The molecule has 7 heteroatoms. The SMILES string of the molecule is CN=C(NCCS(=O)(=O)C(C)(C)C)NCC1(c2ccccc2)CC1.I. The number of guanidine groups is 1. The Kier molecular flexibility index (Phi) is 7.73. The predicted molar refractivity (Wildman–Crippen MR) is 116 cm³/mol. The maximum Gasteiger partial charge on any atom is 0.191 e. The molecule has 142 valence electrons. The lowest BCUT2D eigenvalue weighted by atomic mass is 9.96. The van der Waals surface area contributed by atoms with Gasteiger partial charge in [-0.05, 0) is 39.2 Å². The number of hydrogen-bond acceptors (Lipinski definition) is 3. The van der Waals surface area contributed by atoms with E-state index in [2.05, 4.69) is 39.9 Å². The average Bonchev–Trinajstić information content (AvgIpc) is 3.31. The molecule has 0 atom stereocenters. The first-order valence-electron chi connectivity index (χ1n) is 8.43. The van der Waals surface area contributed by atoms with E-state index in [1.165, 1.54) is 18.4 Å². The molecule has 0 saturated heterocycles. The number of benzene rings is 1. The van der Waals surface area contributed by atoms with E-state index in [1.807, 2.05) is 6.07 Å². The standard InChI is InChI=1S/C18H29N3O2S.HI/c1-17(2,3)24(22,23)13-12-20-16(19-4)21-14-18(10-11-18)15-8-6-5-7-9-15;/h5-9H,10-14H2,1-4H3,(H2,19,20,21);1H. The number of halogens is 1. The fraction of sp³-hybridized carbons (Fsp3) is 0.611. The molecule has 0 aromatic heterocycles. The van der Waals surface area contributed by atoms with Crippen LogP contribution >= 0.6 is 24.0 Å². The molecule has 1 fully saturated rings. The van der Waals surface area contributed by atoms with Gasteiger partial charge in [-0.15, -0.1) is 24.0 Å². The molecular formula is C18H30IN3O2S. The van der Waals surface area contributed by atoms with Crippen molar-refractivity contribution in [3.8, 4) is 0 Å². The Bertz CT molecular complexity index is 678. The third-order valence-corrected chi connectivity index (χ3v) is 7.26. The van der Waals surface area contributed by atoms with E-state index in [-0.39, 0.29) is 35.1 Å². The summed E-state index contributed by atoms with van der Waals surface area (Å²) in [5.41, 5.74) is 1.54. The molecule has 0 heterocycles. The smallest absolute Gasteiger partial charge is 0.191 e. The maximum absolute atomic E-state index is 12.1. The number of hydrogen-bond donors (Lipinski definition) is 2. The average molecular weight is 479 g/mol. The van der Waals surface area contributed by atoms with Crippen LogP contribution in [-0.4, -0.2) is 45.0 Å². The van der Waals surface area contributed by atoms with E-state index in [4.69, 9.17) is 0 Å². The van der Waals surface area contributed by atoms with Crippen LogP contribution in [0.25, 0.3) is 0 Å². The highest BCUT2D eigenvalue weighted by Gasteiger charge is 2.44. The number of nitrogens with one attached hydrogen (secondary N) is 2. The Hall–Kier alpha value is -0.830. The predicted octanol–water partition coefficient (Wildman–Crippen LogP) is 2.71. The lowest BCUT2D eigenvalue weighted by molar-refractivity contribution is 0.558. The molecule has 1 aromatic carbocycles. The summed E-state index contributed by atoms with van der Waals surface area (Å²) in [7, 11) is -1.42. The van der Waals surface area contributed by atoms with Crippen LogP contribution in [0, 0.1) is 0 Å². The molecule has 0 amide bonds. The van der Waals surface area contributed by atoms with Crippen LogP contribution < -0.4 is 10.6 Å². The third-order valence-electron chi connectivity index (χ3n) is 4.65. The Morgan fingerprint density at radius 1 is 1.16 bits per heavy atom. The van der Waals surface area contributed by atoms with Gasteiger partial charge in [-0.25, -0.2) is 8.42 Å². The van der Waals surface area contributed by atoms with Crippen molar-refractivity contribution in [1.82, 2.24) is 10.6 Å². The van der Waals surface area contributed by atoms with Gasteiger partial charge in [0.05, 0.1) is 10.5 Å². The summed E-state index contributed by atoms with van der Waals surface area (Å²) in [6.07, 6.45) is 2.33. The van der Waals surface area contributed by atoms with Gasteiger partial charge in [0.2, 0.25) is 0 Å². The Labute approximate surface area is 169 Å². The van der Waals surface area contributed by atoms with Crippen molar-refractivity contribution in [1.29, 1.82) is 0 Å². The monoisotopic (exact) mass is 479 g/mol.